The van der Waals surface area contributed by atoms with E-state index in [4.69, 9.17) is 21.6 Å². The van der Waals surface area contributed by atoms with E-state index in [-0.39, 0.29) is 23.4 Å². The van der Waals surface area contributed by atoms with Crippen molar-refractivity contribution in [2.75, 3.05) is 23.4 Å². The van der Waals surface area contributed by atoms with Gasteiger partial charge in [0, 0.05) is 24.8 Å². The number of fused-ring (bicyclic) bond motifs is 1. The maximum atomic E-state index is 12.1. The van der Waals surface area contributed by atoms with Gasteiger partial charge in [0.25, 0.3) is 5.91 Å². The number of amides is 2. The predicted octanol–water partition coefficient (Wildman–Crippen LogP) is 3.14. The zero-order valence-corrected chi connectivity index (χ0v) is 14.8. The molecule has 0 saturated carbocycles. The van der Waals surface area contributed by atoms with Crippen LogP contribution < -0.4 is 15.0 Å². The number of carbonyl (C=O) groups is 2. The molecule has 0 unspecified atom stereocenters. The van der Waals surface area contributed by atoms with Crippen LogP contribution in [0.5, 0.6) is 5.75 Å². The Morgan fingerprint density at radius 2 is 2.12 bits per heavy atom. The highest BCUT2D eigenvalue weighted by atomic mass is 35.5. The van der Waals surface area contributed by atoms with E-state index >= 15 is 0 Å². The van der Waals surface area contributed by atoms with Crippen molar-refractivity contribution < 1.29 is 14.3 Å². The van der Waals surface area contributed by atoms with Gasteiger partial charge in [-0.1, -0.05) is 11.6 Å². The smallest absolute Gasteiger partial charge is 0.262 e. The van der Waals surface area contributed by atoms with Crippen LogP contribution in [0.4, 0.5) is 11.4 Å². The number of nitrogens with one attached hydrogen (secondary N) is 1. The summed E-state index contributed by atoms with van der Waals surface area (Å²) in [6, 6.07) is 12.0. The molecule has 7 heteroatoms. The minimum atomic E-state index is -0.327. The van der Waals surface area contributed by atoms with Crippen molar-refractivity contribution in [2.45, 2.75) is 13.3 Å². The minimum absolute atomic E-state index is 0.00762. The number of nitrogens with zero attached hydrogens (tertiary/aromatic N) is 2. The van der Waals surface area contributed by atoms with E-state index in [2.05, 4.69) is 5.32 Å². The van der Waals surface area contributed by atoms with Gasteiger partial charge in [-0.25, -0.2) is 0 Å². The molecule has 0 saturated heterocycles. The topological polar surface area (TPSA) is 82.4 Å². The molecule has 6 nitrogen and oxygen atoms in total. The van der Waals surface area contributed by atoms with Crippen molar-refractivity contribution in [3.8, 4) is 11.8 Å². The van der Waals surface area contributed by atoms with Gasteiger partial charge in [0.1, 0.15) is 5.75 Å². The monoisotopic (exact) mass is 369 g/mol. The molecule has 1 heterocycles. The maximum absolute atomic E-state index is 12.1. The number of ether oxygens (including phenoxy) is 1. The number of halogens is 1. The summed E-state index contributed by atoms with van der Waals surface area (Å²) < 4.78 is 5.41. The van der Waals surface area contributed by atoms with Gasteiger partial charge in [0.05, 0.1) is 16.7 Å². The number of anilines is 2. The Kier molecular flexibility index (Phi) is 5.10. The van der Waals surface area contributed by atoms with Gasteiger partial charge in [0.15, 0.2) is 6.61 Å². The fourth-order valence-corrected chi connectivity index (χ4v) is 3.07. The summed E-state index contributed by atoms with van der Waals surface area (Å²) in [7, 11) is 0. The molecule has 1 aliphatic rings. The molecule has 1 N–H and O–H groups in total. The van der Waals surface area contributed by atoms with E-state index in [1.807, 2.05) is 18.2 Å². The lowest BCUT2D eigenvalue weighted by Gasteiger charge is -2.15. The van der Waals surface area contributed by atoms with Gasteiger partial charge in [0.2, 0.25) is 5.91 Å². The Morgan fingerprint density at radius 1 is 1.31 bits per heavy atom. The zero-order valence-electron chi connectivity index (χ0n) is 14.1. The molecule has 132 valence electrons. The second-order valence-corrected chi connectivity index (χ2v) is 6.27. The Bertz CT molecular complexity index is 921. The van der Waals surface area contributed by atoms with E-state index in [0.717, 1.165) is 17.7 Å². The zero-order chi connectivity index (χ0) is 18.7. The molecule has 0 aromatic heterocycles. The lowest BCUT2D eigenvalue weighted by molar-refractivity contribution is -0.118. The fraction of sp³-hybridized carbons (Fsp3) is 0.211. The van der Waals surface area contributed by atoms with Crippen molar-refractivity contribution in [3.63, 3.8) is 0 Å². The van der Waals surface area contributed by atoms with Gasteiger partial charge in [-0.3, -0.25) is 9.59 Å². The molecule has 26 heavy (non-hydrogen) atoms. The SMILES string of the molecule is CC(=O)N1CCc2cc(NC(=O)COc3ccc(C#N)cc3Cl)ccc21. The van der Waals surface area contributed by atoms with Crippen molar-refractivity contribution >= 4 is 34.8 Å². The highest BCUT2D eigenvalue weighted by molar-refractivity contribution is 6.32. The molecule has 0 aliphatic carbocycles. The summed E-state index contributed by atoms with van der Waals surface area (Å²) in [6.45, 7) is 1.99. The van der Waals surface area contributed by atoms with Crippen LogP contribution in [0.2, 0.25) is 5.02 Å². The molecule has 0 spiro atoms. The average Bonchev–Trinajstić information content (AvgIpc) is 3.04. The Balaban J connectivity index is 1.61. The molecule has 0 fully saturated rings. The standard InChI is InChI=1S/C19H16ClN3O3/c1-12(24)23-7-6-14-9-15(3-4-17(14)23)22-19(25)11-26-18-5-2-13(10-21)8-16(18)20/h2-5,8-9H,6-7,11H2,1H3,(H,22,25). The third-order valence-electron chi connectivity index (χ3n) is 4.06. The predicted molar refractivity (Wildman–Crippen MR) is 98.5 cm³/mol. The quantitative estimate of drug-likeness (QED) is 0.897. The molecular formula is C19H16ClN3O3. The van der Waals surface area contributed by atoms with Gasteiger partial charge in [-0.05, 0) is 48.4 Å². The second kappa shape index (κ2) is 7.46. The molecule has 1 aliphatic heterocycles. The van der Waals surface area contributed by atoms with Crippen LogP contribution in [0, 0.1) is 11.3 Å². The average molecular weight is 370 g/mol. The number of benzene rings is 2. The van der Waals surface area contributed by atoms with Gasteiger partial charge in [-0.15, -0.1) is 0 Å². The lowest BCUT2D eigenvalue weighted by Crippen LogP contribution is -2.25. The van der Waals surface area contributed by atoms with Crippen LogP contribution in [-0.4, -0.2) is 25.0 Å². The molecule has 2 amide bonds. The second-order valence-electron chi connectivity index (χ2n) is 5.86. The highest BCUT2D eigenvalue weighted by Crippen LogP contribution is 2.30. The highest BCUT2D eigenvalue weighted by Gasteiger charge is 2.22. The van der Waals surface area contributed by atoms with Crippen LogP contribution >= 0.6 is 11.6 Å². The first-order valence-electron chi connectivity index (χ1n) is 8.01. The lowest BCUT2D eigenvalue weighted by atomic mass is 10.1. The number of carbonyl (C=O) groups excluding carboxylic acids is 2. The first-order chi connectivity index (χ1) is 12.5. The van der Waals surface area contributed by atoms with Crippen molar-refractivity contribution in [2.24, 2.45) is 0 Å². The number of rotatable bonds is 4. The maximum Gasteiger partial charge on any atom is 0.262 e. The van der Waals surface area contributed by atoms with Gasteiger partial charge >= 0.3 is 0 Å². The molecule has 2 aromatic rings. The van der Waals surface area contributed by atoms with Crippen LogP contribution in [0.15, 0.2) is 36.4 Å². The number of hydrogen-bond donors (Lipinski definition) is 1. The van der Waals surface area contributed by atoms with Crippen molar-refractivity contribution in [1.29, 1.82) is 5.26 Å². The van der Waals surface area contributed by atoms with Gasteiger partial charge in [-0.2, -0.15) is 5.26 Å². The largest absolute Gasteiger partial charge is 0.482 e. The number of hydrogen-bond acceptors (Lipinski definition) is 4. The molecule has 0 radical (unpaired) electrons. The van der Waals surface area contributed by atoms with Crippen LogP contribution in [0.1, 0.15) is 18.1 Å². The van der Waals surface area contributed by atoms with Crippen LogP contribution in [0.3, 0.4) is 0 Å². The molecule has 0 atom stereocenters. The van der Waals surface area contributed by atoms with E-state index in [1.165, 1.54) is 13.0 Å². The van der Waals surface area contributed by atoms with E-state index in [1.54, 1.807) is 23.1 Å². The first kappa shape index (κ1) is 17.8. The first-order valence-corrected chi connectivity index (χ1v) is 8.39. The van der Waals surface area contributed by atoms with E-state index in [9.17, 15) is 9.59 Å². The van der Waals surface area contributed by atoms with Crippen molar-refractivity contribution in [3.05, 3.63) is 52.5 Å². The third-order valence-corrected chi connectivity index (χ3v) is 4.35. The molecule has 3 rings (SSSR count). The Morgan fingerprint density at radius 3 is 2.81 bits per heavy atom. The summed E-state index contributed by atoms with van der Waals surface area (Å²) >= 11 is 6.01. The van der Waals surface area contributed by atoms with Crippen molar-refractivity contribution in [1.82, 2.24) is 0 Å². The van der Waals surface area contributed by atoms with Crippen LogP contribution in [-0.2, 0) is 16.0 Å². The third kappa shape index (κ3) is 3.79. The molecular weight excluding hydrogens is 354 g/mol. The van der Waals surface area contributed by atoms with Gasteiger partial charge < -0.3 is 15.0 Å². The summed E-state index contributed by atoms with van der Waals surface area (Å²) in [4.78, 5) is 25.4. The minimum Gasteiger partial charge on any atom is -0.482 e. The molecule has 2 aromatic carbocycles. The summed E-state index contributed by atoms with van der Waals surface area (Å²) in [5.74, 6) is 0.0203. The van der Waals surface area contributed by atoms with E-state index < -0.39 is 0 Å². The molecule has 0 bridgehead atoms. The Labute approximate surface area is 155 Å². The number of nitriles is 1. The summed E-state index contributed by atoms with van der Waals surface area (Å²) in [5, 5.41) is 11.9. The normalized spacial score (nSPS) is 12.3. The van der Waals surface area contributed by atoms with E-state index in [0.29, 0.717) is 23.5 Å². The summed E-state index contributed by atoms with van der Waals surface area (Å²) in [5.41, 5.74) is 2.98. The summed E-state index contributed by atoms with van der Waals surface area (Å²) in [6.07, 6.45) is 0.760. The van der Waals surface area contributed by atoms with Crippen LogP contribution in [0.25, 0.3) is 0 Å². The fourth-order valence-electron chi connectivity index (χ4n) is 2.83. The Hall–Kier alpha value is -3.04.